The zero-order valence-electron chi connectivity index (χ0n) is 10.1. The molecule has 2 fully saturated rings. The zero-order chi connectivity index (χ0) is 11.1. The van der Waals surface area contributed by atoms with Crippen LogP contribution in [0.4, 0.5) is 0 Å². The summed E-state index contributed by atoms with van der Waals surface area (Å²) < 4.78 is 6.17. The summed E-state index contributed by atoms with van der Waals surface area (Å²) in [5, 5.41) is 0. The number of ether oxygens (including phenoxy) is 1. The highest BCUT2D eigenvalue weighted by molar-refractivity contribution is 9.09. The molecule has 0 N–H and O–H groups in total. The van der Waals surface area contributed by atoms with Gasteiger partial charge in [-0.3, -0.25) is 0 Å². The molecule has 0 aromatic carbocycles. The summed E-state index contributed by atoms with van der Waals surface area (Å²) >= 11 is 3.62. The first-order valence-electron chi connectivity index (χ1n) is 6.24. The second kappa shape index (κ2) is 4.37. The average Bonchev–Trinajstić information content (AvgIpc) is 1.96. The fraction of sp³-hybridized carbons (Fsp3) is 1.00. The molecular weight excluding hydrogens is 252 g/mol. The Morgan fingerprint density at radius 3 is 2.27 bits per heavy atom. The maximum atomic E-state index is 6.17. The molecule has 2 saturated carbocycles. The molecule has 0 amide bonds. The summed E-state index contributed by atoms with van der Waals surface area (Å²) in [4.78, 5) is 0.719. The van der Waals surface area contributed by atoms with Crippen LogP contribution in [-0.4, -0.2) is 17.0 Å². The van der Waals surface area contributed by atoms with Crippen LogP contribution >= 0.6 is 15.9 Å². The SMILES string of the molecule is CC1CC(OC2CC(Br)C2)CC(C)(C)C1. The van der Waals surface area contributed by atoms with Crippen molar-refractivity contribution in [2.45, 2.75) is 69.9 Å². The van der Waals surface area contributed by atoms with Gasteiger partial charge in [-0.05, 0) is 43.4 Å². The van der Waals surface area contributed by atoms with Gasteiger partial charge in [-0.2, -0.15) is 0 Å². The number of alkyl halides is 1. The van der Waals surface area contributed by atoms with Gasteiger partial charge in [-0.15, -0.1) is 0 Å². The minimum absolute atomic E-state index is 0.486. The molecule has 15 heavy (non-hydrogen) atoms. The Labute approximate surface area is 102 Å². The molecule has 0 spiro atoms. The molecule has 1 nitrogen and oxygen atoms in total. The molecule has 0 heterocycles. The highest BCUT2D eigenvalue weighted by atomic mass is 79.9. The van der Waals surface area contributed by atoms with Crippen molar-refractivity contribution in [2.75, 3.05) is 0 Å². The fourth-order valence-corrected chi connectivity index (χ4v) is 4.08. The van der Waals surface area contributed by atoms with Crippen molar-refractivity contribution in [1.82, 2.24) is 0 Å². The van der Waals surface area contributed by atoms with E-state index in [0.717, 1.165) is 10.7 Å². The van der Waals surface area contributed by atoms with Gasteiger partial charge < -0.3 is 4.74 Å². The summed E-state index contributed by atoms with van der Waals surface area (Å²) in [6.07, 6.45) is 7.37. The van der Waals surface area contributed by atoms with Crippen molar-refractivity contribution in [3.63, 3.8) is 0 Å². The molecule has 2 atom stereocenters. The minimum Gasteiger partial charge on any atom is -0.375 e. The van der Waals surface area contributed by atoms with E-state index in [1.165, 1.54) is 32.1 Å². The lowest BCUT2D eigenvalue weighted by molar-refractivity contribution is -0.0890. The third-order valence-corrected chi connectivity index (χ3v) is 4.52. The quantitative estimate of drug-likeness (QED) is 0.688. The van der Waals surface area contributed by atoms with E-state index >= 15 is 0 Å². The van der Waals surface area contributed by atoms with Crippen molar-refractivity contribution in [3.8, 4) is 0 Å². The van der Waals surface area contributed by atoms with Crippen LogP contribution in [0.5, 0.6) is 0 Å². The van der Waals surface area contributed by atoms with Crippen molar-refractivity contribution in [1.29, 1.82) is 0 Å². The third kappa shape index (κ3) is 3.20. The maximum Gasteiger partial charge on any atom is 0.0600 e. The van der Waals surface area contributed by atoms with E-state index in [9.17, 15) is 0 Å². The summed E-state index contributed by atoms with van der Waals surface area (Å²) in [7, 11) is 0. The maximum absolute atomic E-state index is 6.17. The van der Waals surface area contributed by atoms with E-state index in [1.807, 2.05) is 0 Å². The minimum atomic E-state index is 0.486. The van der Waals surface area contributed by atoms with Crippen molar-refractivity contribution in [3.05, 3.63) is 0 Å². The van der Waals surface area contributed by atoms with Crippen LogP contribution in [0.3, 0.4) is 0 Å². The van der Waals surface area contributed by atoms with Crippen LogP contribution < -0.4 is 0 Å². The molecule has 0 radical (unpaired) electrons. The highest BCUT2D eigenvalue weighted by Crippen LogP contribution is 2.41. The van der Waals surface area contributed by atoms with E-state index in [-0.39, 0.29) is 0 Å². The molecule has 2 aliphatic rings. The first-order valence-corrected chi connectivity index (χ1v) is 7.16. The van der Waals surface area contributed by atoms with Gasteiger partial charge in [0.15, 0.2) is 0 Å². The first kappa shape index (κ1) is 11.9. The topological polar surface area (TPSA) is 9.23 Å². The van der Waals surface area contributed by atoms with Crippen LogP contribution in [0.1, 0.15) is 52.9 Å². The normalized spacial score (nSPS) is 44.8. The van der Waals surface area contributed by atoms with Gasteiger partial charge in [0, 0.05) is 4.83 Å². The lowest BCUT2D eigenvalue weighted by Crippen LogP contribution is -2.39. The van der Waals surface area contributed by atoms with Gasteiger partial charge in [0.25, 0.3) is 0 Å². The van der Waals surface area contributed by atoms with Crippen LogP contribution in [0.2, 0.25) is 0 Å². The predicted octanol–water partition coefficient (Wildman–Crippen LogP) is 4.14. The average molecular weight is 275 g/mol. The monoisotopic (exact) mass is 274 g/mol. The second-order valence-electron chi connectivity index (χ2n) is 6.36. The first-order chi connectivity index (χ1) is 6.94. The van der Waals surface area contributed by atoms with Gasteiger partial charge >= 0.3 is 0 Å². The lowest BCUT2D eigenvalue weighted by atomic mass is 9.71. The van der Waals surface area contributed by atoms with Crippen LogP contribution in [0, 0.1) is 11.3 Å². The Morgan fingerprint density at radius 2 is 1.73 bits per heavy atom. The molecular formula is C13H23BrO. The van der Waals surface area contributed by atoms with Gasteiger partial charge in [-0.1, -0.05) is 36.7 Å². The van der Waals surface area contributed by atoms with Crippen LogP contribution in [-0.2, 0) is 4.74 Å². The Kier molecular flexibility index (Phi) is 3.47. The number of rotatable bonds is 2. The summed E-state index contributed by atoms with van der Waals surface area (Å²) in [5.41, 5.74) is 0.486. The number of halogens is 1. The van der Waals surface area contributed by atoms with Gasteiger partial charge in [-0.25, -0.2) is 0 Å². The standard InChI is InChI=1S/C13H23BrO/c1-9-4-12(8-13(2,3)7-9)15-11-5-10(14)6-11/h9-12H,4-8H2,1-3H3. The summed E-state index contributed by atoms with van der Waals surface area (Å²) in [5.74, 6) is 0.832. The summed E-state index contributed by atoms with van der Waals surface area (Å²) in [6, 6.07) is 0. The molecule has 88 valence electrons. The molecule has 2 rings (SSSR count). The fourth-order valence-electron chi connectivity index (χ4n) is 3.25. The van der Waals surface area contributed by atoms with Crippen LogP contribution in [0.25, 0.3) is 0 Å². The highest BCUT2D eigenvalue weighted by Gasteiger charge is 2.36. The molecule has 0 aliphatic heterocycles. The number of hydrogen-bond acceptors (Lipinski definition) is 1. The molecule has 0 saturated heterocycles. The largest absolute Gasteiger partial charge is 0.375 e. The third-order valence-electron chi connectivity index (χ3n) is 3.77. The smallest absolute Gasteiger partial charge is 0.0600 e. The van der Waals surface area contributed by atoms with Crippen molar-refractivity contribution >= 4 is 15.9 Å². The Hall–Kier alpha value is 0.440. The van der Waals surface area contributed by atoms with E-state index in [4.69, 9.17) is 4.74 Å². The van der Waals surface area contributed by atoms with Gasteiger partial charge in [0.05, 0.1) is 12.2 Å². The van der Waals surface area contributed by atoms with Crippen LogP contribution in [0.15, 0.2) is 0 Å². The van der Waals surface area contributed by atoms with Gasteiger partial charge in [0.1, 0.15) is 0 Å². The molecule has 0 bridgehead atoms. The Balaban J connectivity index is 1.81. The lowest BCUT2D eigenvalue weighted by Gasteiger charge is -2.42. The summed E-state index contributed by atoms with van der Waals surface area (Å²) in [6.45, 7) is 7.13. The van der Waals surface area contributed by atoms with E-state index in [1.54, 1.807) is 0 Å². The van der Waals surface area contributed by atoms with E-state index in [0.29, 0.717) is 17.6 Å². The molecule has 2 heteroatoms. The molecule has 0 aromatic rings. The van der Waals surface area contributed by atoms with Crippen molar-refractivity contribution in [2.24, 2.45) is 11.3 Å². The molecule has 2 aliphatic carbocycles. The number of hydrogen-bond donors (Lipinski definition) is 0. The Bertz CT molecular complexity index is 221. The van der Waals surface area contributed by atoms with E-state index in [2.05, 4.69) is 36.7 Å². The second-order valence-corrected chi connectivity index (χ2v) is 7.66. The van der Waals surface area contributed by atoms with Gasteiger partial charge in [0.2, 0.25) is 0 Å². The molecule has 0 aromatic heterocycles. The van der Waals surface area contributed by atoms with Crippen molar-refractivity contribution < 1.29 is 4.74 Å². The zero-order valence-corrected chi connectivity index (χ0v) is 11.7. The Morgan fingerprint density at radius 1 is 1.07 bits per heavy atom. The predicted molar refractivity (Wildman–Crippen MR) is 67.4 cm³/mol. The molecule has 2 unspecified atom stereocenters. The van der Waals surface area contributed by atoms with E-state index < -0.39 is 0 Å².